The fourth-order valence-corrected chi connectivity index (χ4v) is 3.63. The number of carbonyl (C=O) groups excluding carboxylic acids is 2. The Labute approximate surface area is 128 Å². The summed E-state index contributed by atoms with van der Waals surface area (Å²) in [6.07, 6.45) is 0. The van der Waals surface area contributed by atoms with Crippen molar-refractivity contribution in [3.63, 3.8) is 0 Å². The van der Waals surface area contributed by atoms with Gasteiger partial charge in [-0.25, -0.2) is 14.3 Å². The molecule has 0 N–H and O–H groups in total. The number of aryl methyl sites for hydroxylation is 1. The fraction of sp³-hybridized carbons (Fsp3) is 0.0667. The molecule has 0 unspecified atom stereocenters. The molecule has 1 aliphatic rings. The van der Waals surface area contributed by atoms with E-state index in [9.17, 15) is 14.4 Å². The number of aromatic nitrogens is 2. The van der Waals surface area contributed by atoms with Gasteiger partial charge in [0.05, 0.1) is 5.69 Å². The Morgan fingerprint density at radius 3 is 2.50 bits per heavy atom. The van der Waals surface area contributed by atoms with E-state index >= 15 is 0 Å². The number of fused-ring (bicyclic) bond motifs is 3. The molecule has 2 amide bonds. The van der Waals surface area contributed by atoms with Crippen LogP contribution in [0.2, 0.25) is 0 Å². The number of nitrogens with zero attached hydrogens (tertiary/aromatic N) is 3. The van der Waals surface area contributed by atoms with Gasteiger partial charge in [0.2, 0.25) is 0 Å². The summed E-state index contributed by atoms with van der Waals surface area (Å²) in [6, 6.07) is 10.0. The molecule has 0 atom stereocenters. The topological polar surface area (TPSA) is 71.8 Å². The van der Waals surface area contributed by atoms with Crippen LogP contribution in [0.15, 0.2) is 41.2 Å². The third kappa shape index (κ3) is 1.59. The van der Waals surface area contributed by atoms with Gasteiger partial charge in [-0.3, -0.25) is 14.4 Å². The molecular formula is C15H9N3O3S. The Kier molecular flexibility index (Phi) is 2.55. The highest BCUT2D eigenvalue weighted by molar-refractivity contribution is 7.19. The largest absolute Gasteiger partial charge is 0.284 e. The van der Waals surface area contributed by atoms with Gasteiger partial charge in [0, 0.05) is 11.8 Å². The smallest absolute Gasteiger partial charge is 0.269 e. The molecule has 6 nitrogen and oxygen atoms in total. The summed E-state index contributed by atoms with van der Waals surface area (Å²) < 4.78 is 1.22. The number of anilines is 1. The second kappa shape index (κ2) is 4.35. The molecule has 1 aliphatic heterocycles. The SMILES string of the molecule is Cc1cc(=O)n2c3c(sc2n1)C(=O)N(c1ccccc1)C3=O. The maximum Gasteiger partial charge on any atom is 0.284 e. The monoisotopic (exact) mass is 311 g/mol. The Bertz CT molecular complexity index is 1000. The highest BCUT2D eigenvalue weighted by Gasteiger charge is 2.41. The number of benzene rings is 1. The standard InChI is InChI=1S/C15H9N3O3S/c1-8-7-10(19)18-11-12(22-15(18)16-8)14(21)17(13(11)20)9-5-3-2-4-6-9/h2-7H,1H3. The number of hydrogen-bond donors (Lipinski definition) is 0. The molecule has 0 saturated heterocycles. The Hall–Kier alpha value is -2.80. The molecule has 108 valence electrons. The van der Waals surface area contributed by atoms with Gasteiger partial charge in [-0.1, -0.05) is 29.5 Å². The summed E-state index contributed by atoms with van der Waals surface area (Å²) in [5, 5.41) is 0. The van der Waals surface area contributed by atoms with Gasteiger partial charge in [0.25, 0.3) is 17.4 Å². The van der Waals surface area contributed by atoms with Crippen molar-refractivity contribution in [1.82, 2.24) is 9.38 Å². The first-order chi connectivity index (χ1) is 10.6. The Balaban J connectivity index is 1.98. The van der Waals surface area contributed by atoms with Gasteiger partial charge < -0.3 is 0 Å². The molecule has 22 heavy (non-hydrogen) atoms. The molecule has 0 bridgehead atoms. The summed E-state index contributed by atoms with van der Waals surface area (Å²) in [5.41, 5.74) is 0.800. The number of rotatable bonds is 1. The van der Waals surface area contributed by atoms with E-state index in [0.29, 0.717) is 16.3 Å². The third-order valence-electron chi connectivity index (χ3n) is 3.47. The van der Waals surface area contributed by atoms with Gasteiger partial charge in [0.15, 0.2) is 4.96 Å². The average Bonchev–Trinajstić information content (AvgIpc) is 2.97. The van der Waals surface area contributed by atoms with Crippen LogP contribution in [0.5, 0.6) is 0 Å². The lowest BCUT2D eigenvalue weighted by Gasteiger charge is -2.13. The van der Waals surface area contributed by atoms with Gasteiger partial charge in [-0.2, -0.15) is 0 Å². The van der Waals surface area contributed by atoms with Crippen LogP contribution in [0.1, 0.15) is 25.9 Å². The van der Waals surface area contributed by atoms with Crippen molar-refractivity contribution in [1.29, 1.82) is 0 Å². The zero-order valence-electron chi connectivity index (χ0n) is 11.4. The zero-order valence-corrected chi connectivity index (χ0v) is 12.3. The van der Waals surface area contributed by atoms with Crippen molar-refractivity contribution >= 4 is 33.8 Å². The number of hydrogen-bond acceptors (Lipinski definition) is 5. The van der Waals surface area contributed by atoms with E-state index in [1.807, 2.05) is 0 Å². The molecular weight excluding hydrogens is 302 g/mol. The van der Waals surface area contributed by atoms with Gasteiger partial charge >= 0.3 is 0 Å². The number of thiazole rings is 1. The molecule has 3 aromatic rings. The molecule has 4 rings (SSSR count). The van der Waals surface area contributed by atoms with Crippen molar-refractivity contribution < 1.29 is 9.59 Å². The average molecular weight is 311 g/mol. The maximum atomic E-state index is 12.6. The van der Waals surface area contributed by atoms with Crippen molar-refractivity contribution in [2.45, 2.75) is 6.92 Å². The van der Waals surface area contributed by atoms with Gasteiger partial charge in [-0.05, 0) is 19.1 Å². The molecule has 0 spiro atoms. The minimum atomic E-state index is -0.495. The maximum absolute atomic E-state index is 12.6. The summed E-state index contributed by atoms with van der Waals surface area (Å²) in [7, 11) is 0. The summed E-state index contributed by atoms with van der Waals surface area (Å²) in [4.78, 5) is 43.3. The lowest BCUT2D eigenvalue weighted by molar-refractivity contribution is 0.0925. The van der Waals surface area contributed by atoms with E-state index in [1.165, 1.54) is 10.5 Å². The minimum absolute atomic E-state index is 0.103. The first-order valence-electron chi connectivity index (χ1n) is 6.55. The molecule has 0 radical (unpaired) electrons. The Morgan fingerprint density at radius 2 is 1.77 bits per heavy atom. The van der Waals surface area contributed by atoms with E-state index in [-0.39, 0.29) is 16.1 Å². The lowest BCUT2D eigenvalue weighted by atomic mass is 10.3. The molecule has 0 fully saturated rings. The van der Waals surface area contributed by atoms with E-state index < -0.39 is 11.8 Å². The molecule has 1 aromatic carbocycles. The fourth-order valence-electron chi connectivity index (χ4n) is 2.54. The quantitative estimate of drug-likeness (QED) is 0.643. The summed E-state index contributed by atoms with van der Waals surface area (Å²) in [5.74, 6) is -0.913. The number of imide groups is 1. The van der Waals surface area contributed by atoms with Crippen LogP contribution in [0.3, 0.4) is 0 Å². The zero-order chi connectivity index (χ0) is 15.4. The van der Waals surface area contributed by atoms with E-state index in [1.54, 1.807) is 37.3 Å². The Morgan fingerprint density at radius 1 is 1.05 bits per heavy atom. The molecule has 0 saturated carbocycles. The van der Waals surface area contributed by atoms with E-state index in [2.05, 4.69) is 4.98 Å². The van der Waals surface area contributed by atoms with E-state index in [4.69, 9.17) is 0 Å². The van der Waals surface area contributed by atoms with Crippen LogP contribution in [-0.4, -0.2) is 21.2 Å². The van der Waals surface area contributed by atoms with Crippen molar-refractivity contribution in [2.75, 3.05) is 4.90 Å². The summed E-state index contributed by atoms with van der Waals surface area (Å²) >= 11 is 1.06. The van der Waals surface area contributed by atoms with Crippen LogP contribution in [0.25, 0.3) is 4.96 Å². The number of para-hydroxylation sites is 1. The predicted octanol–water partition coefficient (Wildman–Crippen LogP) is 1.87. The van der Waals surface area contributed by atoms with Crippen molar-refractivity contribution in [2.24, 2.45) is 0 Å². The summed E-state index contributed by atoms with van der Waals surface area (Å²) in [6.45, 7) is 1.70. The van der Waals surface area contributed by atoms with Crippen LogP contribution in [0, 0.1) is 6.92 Å². The van der Waals surface area contributed by atoms with Crippen LogP contribution < -0.4 is 10.5 Å². The normalized spacial score (nSPS) is 14.0. The van der Waals surface area contributed by atoms with Crippen LogP contribution in [-0.2, 0) is 0 Å². The van der Waals surface area contributed by atoms with Crippen LogP contribution in [0.4, 0.5) is 5.69 Å². The third-order valence-corrected chi connectivity index (χ3v) is 4.49. The van der Waals surface area contributed by atoms with Gasteiger partial charge in [-0.15, -0.1) is 0 Å². The van der Waals surface area contributed by atoms with E-state index in [0.717, 1.165) is 16.2 Å². The minimum Gasteiger partial charge on any atom is -0.269 e. The van der Waals surface area contributed by atoms with Crippen LogP contribution >= 0.6 is 11.3 Å². The second-order valence-corrected chi connectivity index (χ2v) is 5.89. The highest BCUT2D eigenvalue weighted by atomic mass is 32.1. The van der Waals surface area contributed by atoms with Gasteiger partial charge in [0.1, 0.15) is 10.6 Å². The molecule has 0 aliphatic carbocycles. The number of amides is 2. The van der Waals surface area contributed by atoms with Crippen molar-refractivity contribution in [3.05, 3.63) is 63.0 Å². The second-order valence-electron chi connectivity index (χ2n) is 4.91. The predicted molar refractivity (Wildman–Crippen MR) is 81.7 cm³/mol. The molecule has 2 aromatic heterocycles. The highest BCUT2D eigenvalue weighted by Crippen LogP contribution is 2.32. The lowest BCUT2D eigenvalue weighted by Crippen LogP contribution is -2.31. The molecule has 7 heteroatoms. The molecule has 3 heterocycles. The number of carbonyl (C=O) groups is 2. The van der Waals surface area contributed by atoms with Crippen molar-refractivity contribution in [3.8, 4) is 0 Å². The first kappa shape index (κ1) is 12.9. The first-order valence-corrected chi connectivity index (χ1v) is 7.36.